The van der Waals surface area contributed by atoms with Crippen LogP contribution in [0.25, 0.3) is 44.5 Å². The number of rotatable bonds is 6. The Morgan fingerprint density at radius 1 is 0.942 bits per heavy atom. The highest BCUT2D eigenvalue weighted by molar-refractivity contribution is 6.04. The molecule has 52 heavy (non-hydrogen) atoms. The van der Waals surface area contributed by atoms with E-state index in [1.54, 1.807) is 25.6 Å². The van der Waals surface area contributed by atoms with Crippen LogP contribution in [0.2, 0.25) is 0 Å². The molecule has 0 saturated carbocycles. The van der Waals surface area contributed by atoms with Crippen molar-refractivity contribution in [3.8, 4) is 28.0 Å². The van der Waals surface area contributed by atoms with E-state index >= 15 is 0 Å². The number of aromatic nitrogens is 6. The Hall–Kier alpha value is -6.51. The van der Waals surface area contributed by atoms with Gasteiger partial charge in [0.05, 0.1) is 53.7 Å². The molecule has 5 heterocycles. The summed E-state index contributed by atoms with van der Waals surface area (Å²) in [6, 6.07) is 19.6. The number of amidine groups is 1. The molecule has 4 aromatic heterocycles. The molecule has 1 aliphatic rings. The molecule has 2 amide bonds. The molecule has 0 spiro atoms. The predicted molar refractivity (Wildman–Crippen MR) is 197 cm³/mol. The fourth-order valence-corrected chi connectivity index (χ4v) is 5.96. The zero-order chi connectivity index (χ0) is 36.8. The molecule has 1 aliphatic heterocycles. The number of anilines is 1. The number of fused-ring (bicyclic) bond motifs is 2. The maximum atomic E-state index is 13.3. The van der Waals surface area contributed by atoms with E-state index in [1.807, 2.05) is 103 Å². The summed E-state index contributed by atoms with van der Waals surface area (Å²) >= 11 is 0. The fraction of sp³-hybridized carbons (Fsp3) is 0.270. The summed E-state index contributed by atoms with van der Waals surface area (Å²) in [6.45, 7) is 1.42. The van der Waals surface area contributed by atoms with E-state index in [4.69, 9.17) is 14.3 Å². The summed E-state index contributed by atoms with van der Waals surface area (Å²) in [5.41, 5.74) is 6.51. The zero-order valence-corrected chi connectivity index (χ0v) is 30.0. The number of methoxy groups -OCH3 is 2. The van der Waals surface area contributed by atoms with Gasteiger partial charge in [-0.3, -0.25) is 14.9 Å². The summed E-state index contributed by atoms with van der Waals surface area (Å²) in [7, 11) is 10.5. The summed E-state index contributed by atoms with van der Waals surface area (Å²) in [5, 5.41) is 11.5. The van der Waals surface area contributed by atoms with Crippen LogP contribution in [0.15, 0.2) is 79.3 Å². The number of likely N-dealkylation sites (tertiary alicyclic amines) is 1. The Balaban J connectivity index is 0.000000229. The van der Waals surface area contributed by atoms with Crippen LogP contribution in [-0.4, -0.2) is 118 Å². The molecular weight excluding hydrogens is 664 g/mol. The third-order valence-electron chi connectivity index (χ3n) is 8.44. The number of nitrogens with zero attached hydrogens (tertiary/aromatic N) is 8. The molecule has 7 rings (SSSR count). The van der Waals surface area contributed by atoms with Crippen LogP contribution in [0.5, 0.6) is 5.75 Å². The predicted octanol–water partition coefficient (Wildman–Crippen LogP) is 4.76. The van der Waals surface area contributed by atoms with Crippen molar-refractivity contribution in [2.24, 2.45) is 0 Å². The average molecular weight is 706 g/mol. The summed E-state index contributed by atoms with van der Waals surface area (Å²) < 4.78 is 12.1. The monoisotopic (exact) mass is 705 g/mol. The van der Waals surface area contributed by atoms with Gasteiger partial charge in [-0.2, -0.15) is 0 Å². The number of para-hydroxylation sites is 1. The highest BCUT2D eigenvalue weighted by atomic mass is 16.7. The van der Waals surface area contributed by atoms with Crippen molar-refractivity contribution < 1.29 is 28.5 Å². The van der Waals surface area contributed by atoms with E-state index in [9.17, 15) is 9.59 Å². The number of hydrogen-bond acceptors (Lipinski definition) is 9. The second-order valence-corrected chi connectivity index (χ2v) is 12.4. The summed E-state index contributed by atoms with van der Waals surface area (Å²) in [5.74, 6) is 0.664. The minimum atomic E-state index is -0.620. The van der Waals surface area contributed by atoms with Gasteiger partial charge in [0, 0.05) is 53.8 Å². The topological polar surface area (TPSA) is 156 Å². The third kappa shape index (κ3) is 7.47. The molecule has 1 saturated heterocycles. The molecule has 0 radical (unpaired) electrons. The van der Waals surface area contributed by atoms with E-state index in [1.165, 1.54) is 12.0 Å². The van der Waals surface area contributed by atoms with Crippen LogP contribution in [-0.2, 0) is 4.74 Å². The number of H-pyrrole nitrogens is 1. The number of ether oxygens (including phenoxy) is 2. The highest BCUT2D eigenvalue weighted by Gasteiger charge is 2.24. The van der Waals surface area contributed by atoms with Crippen molar-refractivity contribution in [2.75, 3.05) is 60.8 Å². The summed E-state index contributed by atoms with van der Waals surface area (Å²) in [6.07, 6.45) is 6.71. The van der Waals surface area contributed by atoms with Crippen molar-refractivity contribution in [1.29, 1.82) is 0 Å². The van der Waals surface area contributed by atoms with Gasteiger partial charge in [0.25, 0.3) is 5.91 Å². The van der Waals surface area contributed by atoms with Gasteiger partial charge < -0.3 is 19.4 Å². The normalized spacial score (nSPS) is 12.2. The number of carbonyl (C=O) groups is 2. The Morgan fingerprint density at radius 2 is 1.73 bits per heavy atom. The van der Waals surface area contributed by atoms with Crippen LogP contribution in [0.4, 0.5) is 10.5 Å². The first-order chi connectivity index (χ1) is 25.2. The Kier molecular flexibility index (Phi) is 10.6. The lowest BCUT2D eigenvalue weighted by atomic mass is 9.99. The van der Waals surface area contributed by atoms with Gasteiger partial charge in [0.2, 0.25) is 5.65 Å². The molecule has 6 aromatic rings. The second-order valence-electron chi connectivity index (χ2n) is 12.4. The lowest BCUT2D eigenvalue weighted by Crippen LogP contribution is -2.39. The second kappa shape index (κ2) is 15.6. The van der Waals surface area contributed by atoms with Gasteiger partial charge in [0.1, 0.15) is 16.9 Å². The highest BCUT2D eigenvalue weighted by Crippen LogP contribution is 2.36. The van der Waals surface area contributed by atoms with E-state index in [0.29, 0.717) is 41.5 Å². The third-order valence-corrected chi connectivity index (χ3v) is 8.44. The average Bonchev–Trinajstić information content (AvgIpc) is 3.94. The number of pyridine rings is 2. The van der Waals surface area contributed by atoms with E-state index in [0.717, 1.165) is 51.9 Å². The van der Waals surface area contributed by atoms with Crippen molar-refractivity contribution >= 4 is 45.9 Å². The van der Waals surface area contributed by atoms with Crippen molar-refractivity contribution in [2.45, 2.75) is 12.8 Å². The van der Waals surface area contributed by atoms with E-state index in [2.05, 4.69) is 30.6 Å². The smallest absolute Gasteiger partial charge is 0.472 e. The summed E-state index contributed by atoms with van der Waals surface area (Å²) in [4.78, 5) is 47.8. The molecule has 0 atom stereocenters. The number of hydrogen-bond donors (Lipinski definition) is 2. The van der Waals surface area contributed by atoms with Crippen LogP contribution in [0.1, 0.15) is 23.2 Å². The fourth-order valence-electron chi connectivity index (χ4n) is 5.96. The maximum absolute atomic E-state index is 13.3. The van der Waals surface area contributed by atoms with Gasteiger partial charge in [-0.25, -0.2) is 24.2 Å². The van der Waals surface area contributed by atoms with Crippen LogP contribution in [0.3, 0.4) is 0 Å². The lowest BCUT2D eigenvalue weighted by molar-refractivity contribution is -0.480. The Morgan fingerprint density at radius 3 is 2.46 bits per heavy atom. The van der Waals surface area contributed by atoms with Crippen molar-refractivity contribution in [3.63, 3.8) is 0 Å². The quantitative estimate of drug-likeness (QED) is 0.141. The maximum Gasteiger partial charge on any atom is 0.472 e. The molecule has 268 valence electrons. The van der Waals surface area contributed by atoms with Gasteiger partial charge >= 0.3 is 12.1 Å². The minimum absolute atomic E-state index is 0.110. The van der Waals surface area contributed by atoms with Crippen LogP contribution >= 0.6 is 0 Å². The van der Waals surface area contributed by atoms with Crippen LogP contribution < -0.4 is 14.9 Å². The zero-order valence-electron chi connectivity index (χ0n) is 30.0. The first kappa shape index (κ1) is 35.3. The molecule has 0 aliphatic carbocycles. The number of benzene rings is 2. The molecule has 2 N–H and O–H groups in total. The molecule has 0 unspecified atom stereocenters. The standard InChI is InChI=1S/C27H26N4O4.C10H15N6O/c1-34-24-8-4-3-7-19(24)22-16-29-25-20(22)14-18(15-28-25)17-9-10-23(30-27(33)35-2)21(13-17)26(32)31-11-5-6-12-31;1-14(2)10(15(3)4)17-16-9-8(12-13-16)6-5-7-11-9/h3-4,7-10,13-16H,5-6,11-12H2,1-2H3,(H,28,29)(H,30,33);5-7H,1-4H3/q;+1. The van der Waals surface area contributed by atoms with Gasteiger partial charge in [0.15, 0.2) is 0 Å². The van der Waals surface area contributed by atoms with Gasteiger partial charge in [-0.05, 0) is 64.9 Å². The lowest BCUT2D eigenvalue weighted by Gasteiger charge is -2.19. The van der Waals surface area contributed by atoms with E-state index < -0.39 is 6.09 Å². The number of nitrogens with one attached hydrogen (secondary N) is 2. The number of carbonyl (C=O) groups excluding carboxylic acids is 2. The molecule has 2 aromatic carbocycles. The first-order valence-electron chi connectivity index (χ1n) is 16.6. The molecule has 0 bridgehead atoms. The largest absolute Gasteiger partial charge is 0.496 e. The minimum Gasteiger partial charge on any atom is -0.496 e. The number of aromatic amines is 1. The first-order valence-corrected chi connectivity index (χ1v) is 16.6. The van der Waals surface area contributed by atoms with Crippen molar-refractivity contribution in [1.82, 2.24) is 39.9 Å². The van der Waals surface area contributed by atoms with E-state index in [-0.39, 0.29) is 5.91 Å². The van der Waals surface area contributed by atoms with Gasteiger partial charge in [-0.1, -0.05) is 24.3 Å². The Bertz CT molecular complexity index is 2250. The molecule has 1 fully saturated rings. The van der Waals surface area contributed by atoms with Gasteiger partial charge in [-0.15, -0.1) is 5.10 Å². The molecule has 15 nitrogen and oxygen atoms in total. The molecular formula is C37H41N10O5+. The van der Waals surface area contributed by atoms with Crippen molar-refractivity contribution in [3.05, 3.63) is 84.8 Å². The molecule has 15 heteroatoms. The number of amides is 2. The SMILES string of the molecule is CN(C)C(On1nnc2cccnc21)=[N+](C)C.COC(=O)Nc1ccc(-c2cnc3[nH]cc(-c4ccccc4OC)c3c2)cc1C(=O)N1CCCC1. The van der Waals surface area contributed by atoms with Crippen LogP contribution in [0, 0.1) is 0 Å². The Labute approximate surface area is 300 Å².